The van der Waals surface area contributed by atoms with Crippen LogP contribution in [0.3, 0.4) is 0 Å². The number of rotatable bonds is 4. The van der Waals surface area contributed by atoms with Gasteiger partial charge in [-0.25, -0.2) is 4.98 Å². The van der Waals surface area contributed by atoms with Gasteiger partial charge in [0.15, 0.2) is 0 Å². The van der Waals surface area contributed by atoms with Crippen molar-refractivity contribution in [3.63, 3.8) is 0 Å². The molecule has 0 saturated carbocycles. The zero-order valence-electron chi connectivity index (χ0n) is 10.6. The molecule has 1 amide bonds. The van der Waals surface area contributed by atoms with Crippen molar-refractivity contribution in [3.05, 3.63) is 16.1 Å². The molecule has 1 fully saturated rings. The molecule has 0 bridgehead atoms. The molecule has 0 aromatic carbocycles. The first kappa shape index (κ1) is 18.6. The predicted octanol–water partition coefficient (Wildman–Crippen LogP) is 0.888. The van der Waals surface area contributed by atoms with E-state index in [0.29, 0.717) is 19.5 Å². The fraction of sp³-hybridized carbons (Fsp3) is 0.636. The maximum Gasteiger partial charge on any atom is 0.237 e. The minimum atomic E-state index is -0.405. The number of hydrogen-bond donors (Lipinski definition) is 3. The number of aryl methyl sites for hydroxylation is 1. The summed E-state index contributed by atoms with van der Waals surface area (Å²) in [4.78, 5) is 17.2. The van der Waals surface area contributed by atoms with Crippen molar-refractivity contribution in [2.45, 2.75) is 38.5 Å². The second-order valence-corrected chi connectivity index (χ2v) is 5.34. The minimum absolute atomic E-state index is 0. The lowest BCUT2D eigenvalue weighted by molar-refractivity contribution is -0.123. The van der Waals surface area contributed by atoms with E-state index in [2.05, 4.69) is 22.5 Å². The summed E-state index contributed by atoms with van der Waals surface area (Å²) in [6.07, 6.45) is 2.91. The SMILES string of the molecule is CCc1cnc(CNC(=O)C2CC(O)CN2)s1.Cl.Cl. The van der Waals surface area contributed by atoms with Gasteiger partial charge in [-0.2, -0.15) is 0 Å². The van der Waals surface area contributed by atoms with Gasteiger partial charge in [0.2, 0.25) is 5.91 Å². The molecule has 3 N–H and O–H groups in total. The molecule has 1 aromatic heterocycles. The fourth-order valence-corrected chi connectivity index (χ4v) is 2.60. The lowest BCUT2D eigenvalue weighted by Gasteiger charge is -2.09. The van der Waals surface area contributed by atoms with Gasteiger partial charge < -0.3 is 15.7 Å². The maximum absolute atomic E-state index is 11.7. The maximum atomic E-state index is 11.7. The average Bonchev–Trinajstić information content (AvgIpc) is 2.94. The standard InChI is InChI=1S/C11H17N3O2S.2ClH/c1-2-8-5-13-10(17-8)6-14-11(16)9-3-7(15)4-12-9;;/h5,7,9,12,15H,2-4,6H2,1H3,(H,14,16);2*1H. The van der Waals surface area contributed by atoms with E-state index in [1.807, 2.05) is 6.20 Å². The van der Waals surface area contributed by atoms with Crippen LogP contribution in [0.2, 0.25) is 0 Å². The monoisotopic (exact) mass is 327 g/mol. The van der Waals surface area contributed by atoms with E-state index >= 15 is 0 Å². The van der Waals surface area contributed by atoms with Crippen LogP contribution in [0.15, 0.2) is 6.20 Å². The molecule has 1 aliphatic rings. The average molecular weight is 328 g/mol. The molecule has 2 heterocycles. The molecule has 0 radical (unpaired) electrons. The van der Waals surface area contributed by atoms with E-state index in [9.17, 15) is 9.90 Å². The molecule has 2 rings (SSSR count). The highest BCUT2D eigenvalue weighted by Gasteiger charge is 2.27. The number of aliphatic hydroxyl groups excluding tert-OH is 1. The van der Waals surface area contributed by atoms with Gasteiger partial charge in [-0.3, -0.25) is 4.79 Å². The zero-order chi connectivity index (χ0) is 12.3. The first-order valence-corrected chi connectivity index (χ1v) is 6.63. The molecule has 8 heteroatoms. The molecular formula is C11H19Cl2N3O2S. The van der Waals surface area contributed by atoms with E-state index in [1.165, 1.54) is 4.88 Å². The Balaban J connectivity index is 0.00000162. The normalized spacial score (nSPS) is 21.4. The largest absolute Gasteiger partial charge is 0.392 e. The van der Waals surface area contributed by atoms with Crippen LogP contribution < -0.4 is 10.6 Å². The van der Waals surface area contributed by atoms with E-state index in [-0.39, 0.29) is 36.8 Å². The molecule has 1 saturated heterocycles. The number of carbonyl (C=O) groups is 1. The Morgan fingerprint density at radius 1 is 1.63 bits per heavy atom. The summed E-state index contributed by atoms with van der Waals surface area (Å²) in [7, 11) is 0. The number of nitrogens with one attached hydrogen (secondary N) is 2. The van der Waals surface area contributed by atoms with Crippen molar-refractivity contribution in [2.24, 2.45) is 0 Å². The molecule has 1 aliphatic heterocycles. The van der Waals surface area contributed by atoms with Gasteiger partial charge in [-0.15, -0.1) is 36.2 Å². The molecule has 2 atom stereocenters. The number of aliphatic hydroxyl groups is 1. The number of amides is 1. The lowest BCUT2D eigenvalue weighted by Crippen LogP contribution is -2.39. The number of aromatic nitrogens is 1. The van der Waals surface area contributed by atoms with E-state index in [1.54, 1.807) is 11.3 Å². The molecule has 5 nitrogen and oxygen atoms in total. The number of carbonyl (C=O) groups excluding carboxylic acids is 1. The van der Waals surface area contributed by atoms with Crippen molar-refractivity contribution in [1.29, 1.82) is 0 Å². The zero-order valence-corrected chi connectivity index (χ0v) is 13.0. The number of β-amino-alcohol motifs (C(OH)–C–C–N with tert-alkyl or cyclic N) is 1. The highest BCUT2D eigenvalue weighted by Crippen LogP contribution is 2.13. The molecule has 19 heavy (non-hydrogen) atoms. The second kappa shape index (κ2) is 8.71. The van der Waals surface area contributed by atoms with E-state index in [4.69, 9.17) is 0 Å². The Kier molecular flexibility index (Phi) is 8.52. The summed E-state index contributed by atoms with van der Waals surface area (Å²) < 4.78 is 0. The number of hydrogen-bond acceptors (Lipinski definition) is 5. The van der Waals surface area contributed by atoms with Crippen LogP contribution in [0.5, 0.6) is 0 Å². The van der Waals surface area contributed by atoms with Gasteiger partial charge in [0.25, 0.3) is 0 Å². The quantitative estimate of drug-likeness (QED) is 0.767. The molecule has 2 unspecified atom stereocenters. The highest BCUT2D eigenvalue weighted by molar-refractivity contribution is 7.11. The summed E-state index contributed by atoms with van der Waals surface area (Å²) >= 11 is 1.62. The predicted molar refractivity (Wildman–Crippen MR) is 80.2 cm³/mol. The third kappa shape index (κ3) is 5.24. The summed E-state index contributed by atoms with van der Waals surface area (Å²) in [6, 6.07) is -0.268. The Labute approximate surface area is 129 Å². The van der Waals surface area contributed by atoms with E-state index in [0.717, 1.165) is 11.4 Å². The van der Waals surface area contributed by atoms with Crippen LogP contribution in [0, 0.1) is 0 Å². The van der Waals surface area contributed by atoms with Crippen molar-refractivity contribution in [2.75, 3.05) is 6.54 Å². The molecule has 0 aliphatic carbocycles. The van der Waals surface area contributed by atoms with Crippen LogP contribution >= 0.6 is 36.2 Å². The molecule has 0 spiro atoms. The van der Waals surface area contributed by atoms with Crippen LogP contribution in [-0.2, 0) is 17.8 Å². The van der Waals surface area contributed by atoms with Crippen molar-refractivity contribution < 1.29 is 9.90 Å². The Bertz CT molecular complexity index is 403. The number of thiazole rings is 1. The van der Waals surface area contributed by atoms with Gasteiger partial charge in [0.05, 0.1) is 18.7 Å². The van der Waals surface area contributed by atoms with Crippen LogP contribution in [0.4, 0.5) is 0 Å². The fourth-order valence-electron chi connectivity index (χ4n) is 1.80. The van der Waals surface area contributed by atoms with Crippen molar-refractivity contribution in [1.82, 2.24) is 15.6 Å². The first-order valence-electron chi connectivity index (χ1n) is 5.81. The second-order valence-electron chi connectivity index (χ2n) is 4.14. The summed E-state index contributed by atoms with van der Waals surface area (Å²) in [5.41, 5.74) is 0. The highest BCUT2D eigenvalue weighted by atomic mass is 35.5. The first-order chi connectivity index (χ1) is 8.19. The smallest absolute Gasteiger partial charge is 0.237 e. The molecule has 1 aromatic rings. The Hall–Kier alpha value is -0.400. The van der Waals surface area contributed by atoms with Gasteiger partial charge in [0.1, 0.15) is 5.01 Å². The summed E-state index contributed by atoms with van der Waals surface area (Å²) in [5, 5.41) is 16.1. The van der Waals surface area contributed by atoms with Crippen LogP contribution in [-0.4, -0.2) is 34.7 Å². The molecule has 110 valence electrons. The van der Waals surface area contributed by atoms with Gasteiger partial charge in [0, 0.05) is 17.6 Å². The third-order valence-electron chi connectivity index (χ3n) is 2.79. The van der Waals surface area contributed by atoms with Crippen molar-refractivity contribution >= 4 is 42.1 Å². The van der Waals surface area contributed by atoms with Gasteiger partial charge in [-0.1, -0.05) is 6.92 Å². The number of nitrogens with zero attached hydrogens (tertiary/aromatic N) is 1. The summed E-state index contributed by atoms with van der Waals surface area (Å²) in [5.74, 6) is -0.0604. The third-order valence-corrected chi connectivity index (χ3v) is 3.93. The van der Waals surface area contributed by atoms with Gasteiger partial charge in [-0.05, 0) is 12.8 Å². The number of halogens is 2. The van der Waals surface area contributed by atoms with Crippen molar-refractivity contribution in [3.8, 4) is 0 Å². The summed E-state index contributed by atoms with van der Waals surface area (Å²) in [6.45, 7) is 3.05. The van der Waals surface area contributed by atoms with Gasteiger partial charge >= 0.3 is 0 Å². The van der Waals surface area contributed by atoms with Crippen LogP contribution in [0.25, 0.3) is 0 Å². The lowest BCUT2D eigenvalue weighted by atomic mass is 10.2. The Morgan fingerprint density at radius 2 is 2.37 bits per heavy atom. The molecular weight excluding hydrogens is 309 g/mol. The Morgan fingerprint density at radius 3 is 2.89 bits per heavy atom. The van der Waals surface area contributed by atoms with Crippen LogP contribution in [0.1, 0.15) is 23.2 Å². The van der Waals surface area contributed by atoms with E-state index < -0.39 is 6.10 Å². The topological polar surface area (TPSA) is 74.2 Å². The minimum Gasteiger partial charge on any atom is -0.392 e.